The second kappa shape index (κ2) is 11.8. The molecular weight excluding hydrogens is 194 g/mol. The lowest BCUT2D eigenvalue weighted by molar-refractivity contribution is 0.966. The van der Waals surface area contributed by atoms with Gasteiger partial charge in [0.1, 0.15) is 0 Å². The van der Waals surface area contributed by atoms with Gasteiger partial charge in [0.2, 0.25) is 0 Å². The van der Waals surface area contributed by atoms with Crippen molar-refractivity contribution in [3.8, 4) is 0 Å². The summed E-state index contributed by atoms with van der Waals surface area (Å²) in [7, 11) is 2.09. The number of nitrogens with zero attached hydrogens (tertiary/aromatic N) is 1. The van der Waals surface area contributed by atoms with Gasteiger partial charge < -0.3 is 4.90 Å². The largest absolute Gasteiger partial charge is 0.374 e. The summed E-state index contributed by atoms with van der Waals surface area (Å²) >= 11 is 0. The minimum absolute atomic E-state index is 1.02. The molecule has 0 aliphatic heterocycles. The Morgan fingerprint density at radius 3 is 2.06 bits per heavy atom. The molecule has 1 heteroatoms. The highest BCUT2D eigenvalue weighted by Crippen LogP contribution is 2.19. The smallest absolute Gasteiger partial charge is 0.0436 e. The standard InChI is InChI=1S/C11H15N.2C2H6/c1-4-10-8-6-7-9-11(10)12(3)5-2;2*1-2/h4,6-9H,1,5H2,2-3H3;2*1-2H3. The molecule has 1 nitrogen and oxygen atoms in total. The molecule has 0 N–H and O–H groups in total. The number of anilines is 1. The molecule has 1 aromatic carbocycles. The maximum Gasteiger partial charge on any atom is 0.0436 e. The van der Waals surface area contributed by atoms with Gasteiger partial charge >= 0.3 is 0 Å². The van der Waals surface area contributed by atoms with Gasteiger partial charge in [0.15, 0.2) is 0 Å². The van der Waals surface area contributed by atoms with E-state index in [1.807, 2.05) is 39.8 Å². The molecule has 0 bridgehead atoms. The average Bonchev–Trinajstić information content (AvgIpc) is 2.42. The van der Waals surface area contributed by atoms with Crippen LogP contribution in [0.2, 0.25) is 0 Å². The van der Waals surface area contributed by atoms with Gasteiger partial charge in [-0.3, -0.25) is 0 Å². The summed E-state index contributed by atoms with van der Waals surface area (Å²) in [5, 5.41) is 0. The van der Waals surface area contributed by atoms with Crippen molar-refractivity contribution >= 4 is 11.8 Å². The van der Waals surface area contributed by atoms with Crippen LogP contribution < -0.4 is 4.90 Å². The van der Waals surface area contributed by atoms with Crippen LogP contribution in [0.15, 0.2) is 30.8 Å². The lowest BCUT2D eigenvalue weighted by Gasteiger charge is -2.18. The van der Waals surface area contributed by atoms with Gasteiger partial charge in [-0.05, 0) is 18.6 Å². The number of rotatable bonds is 3. The summed E-state index contributed by atoms with van der Waals surface area (Å²) in [5.41, 5.74) is 2.44. The van der Waals surface area contributed by atoms with E-state index in [1.165, 1.54) is 11.3 Å². The van der Waals surface area contributed by atoms with E-state index in [4.69, 9.17) is 0 Å². The highest BCUT2D eigenvalue weighted by Gasteiger charge is 2.00. The van der Waals surface area contributed by atoms with Gasteiger partial charge in [0.05, 0.1) is 0 Å². The minimum atomic E-state index is 1.02. The number of hydrogen-bond acceptors (Lipinski definition) is 1. The Bertz CT molecular complexity index is 266. The van der Waals surface area contributed by atoms with Gasteiger partial charge in [-0.25, -0.2) is 0 Å². The first-order chi connectivity index (χ1) is 7.79. The van der Waals surface area contributed by atoms with E-state index < -0.39 is 0 Å². The predicted octanol–water partition coefficient (Wildman–Crippen LogP) is 4.84. The summed E-state index contributed by atoms with van der Waals surface area (Å²) in [4.78, 5) is 2.21. The van der Waals surface area contributed by atoms with E-state index in [0.29, 0.717) is 0 Å². The van der Waals surface area contributed by atoms with Crippen LogP contribution in [0.1, 0.15) is 40.2 Å². The molecular formula is C15H27N. The molecule has 0 spiro atoms. The van der Waals surface area contributed by atoms with Crippen LogP contribution in [0, 0.1) is 0 Å². The molecule has 0 fully saturated rings. The van der Waals surface area contributed by atoms with Crippen LogP contribution >= 0.6 is 0 Å². The van der Waals surface area contributed by atoms with Crippen molar-refractivity contribution in [3.05, 3.63) is 36.4 Å². The molecule has 0 unspecified atom stereocenters. The molecule has 92 valence electrons. The Kier molecular flexibility index (Phi) is 12.7. The topological polar surface area (TPSA) is 3.24 Å². The van der Waals surface area contributed by atoms with Crippen LogP contribution in [0.4, 0.5) is 5.69 Å². The molecule has 0 radical (unpaired) electrons. The van der Waals surface area contributed by atoms with Crippen molar-refractivity contribution in [1.82, 2.24) is 0 Å². The van der Waals surface area contributed by atoms with Crippen molar-refractivity contribution in [2.75, 3.05) is 18.5 Å². The van der Waals surface area contributed by atoms with Crippen molar-refractivity contribution < 1.29 is 0 Å². The fourth-order valence-corrected chi connectivity index (χ4v) is 1.18. The van der Waals surface area contributed by atoms with Crippen LogP contribution in [0.25, 0.3) is 6.08 Å². The second-order valence-corrected chi connectivity index (χ2v) is 2.78. The highest BCUT2D eigenvalue weighted by atomic mass is 15.1. The quantitative estimate of drug-likeness (QED) is 0.706. The summed E-state index contributed by atoms with van der Waals surface area (Å²) in [6.07, 6.45) is 1.89. The zero-order chi connectivity index (χ0) is 13.0. The lowest BCUT2D eigenvalue weighted by atomic mass is 10.1. The van der Waals surface area contributed by atoms with Crippen molar-refractivity contribution in [2.24, 2.45) is 0 Å². The molecule has 0 aliphatic rings. The fourth-order valence-electron chi connectivity index (χ4n) is 1.18. The van der Waals surface area contributed by atoms with Gasteiger partial charge in [-0.1, -0.05) is 58.5 Å². The third-order valence-electron chi connectivity index (χ3n) is 2.04. The molecule has 0 aromatic heterocycles. The zero-order valence-electron chi connectivity index (χ0n) is 11.7. The zero-order valence-corrected chi connectivity index (χ0v) is 11.7. The first-order valence-electron chi connectivity index (χ1n) is 6.22. The summed E-state index contributed by atoms with van der Waals surface area (Å²) in [5.74, 6) is 0. The molecule has 0 amide bonds. The lowest BCUT2D eigenvalue weighted by Crippen LogP contribution is -2.16. The highest BCUT2D eigenvalue weighted by molar-refractivity contribution is 5.66. The Morgan fingerprint density at radius 2 is 1.62 bits per heavy atom. The maximum absolute atomic E-state index is 3.78. The Morgan fingerprint density at radius 1 is 1.12 bits per heavy atom. The molecule has 1 aromatic rings. The van der Waals surface area contributed by atoms with Crippen LogP contribution in [0.5, 0.6) is 0 Å². The van der Waals surface area contributed by atoms with Gasteiger partial charge in [0, 0.05) is 19.3 Å². The van der Waals surface area contributed by atoms with Gasteiger partial charge in [-0.15, -0.1) is 0 Å². The first-order valence-corrected chi connectivity index (χ1v) is 6.22. The van der Waals surface area contributed by atoms with Crippen LogP contribution in [0.3, 0.4) is 0 Å². The monoisotopic (exact) mass is 221 g/mol. The first kappa shape index (κ1) is 17.2. The van der Waals surface area contributed by atoms with Gasteiger partial charge in [0.25, 0.3) is 0 Å². The third kappa shape index (κ3) is 5.59. The molecule has 0 saturated carbocycles. The van der Waals surface area contributed by atoms with Crippen molar-refractivity contribution in [3.63, 3.8) is 0 Å². The van der Waals surface area contributed by atoms with Crippen molar-refractivity contribution in [2.45, 2.75) is 34.6 Å². The van der Waals surface area contributed by atoms with E-state index in [2.05, 4.69) is 43.6 Å². The summed E-state index contributed by atoms with van der Waals surface area (Å²) < 4.78 is 0. The van der Waals surface area contributed by atoms with Crippen LogP contribution in [-0.4, -0.2) is 13.6 Å². The Labute approximate surface area is 102 Å². The minimum Gasteiger partial charge on any atom is -0.374 e. The molecule has 16 heavy (non-hydrogen) atoms. The molecule has 0 atom stereocenters. The normalized spacial score (nSPS) is 7.88. The van der Waals surface area contributed by atoms with Crippen LogP contribution in [-0.2, 0) is 0 Å². The maximum atomic E-state index is 3.78. The fraction of sp³-hybridized carbons (Fsp3) is 0.467. The summed E-state index contributed by atoms with van der Waals surface area (Å²) in [6.45, 7) is 14.9. The Balaban J connectivity index is 0. The van der Waals surface area contributed by atoms with Crippen molar-refractivity contribution in [1.29, 1.82) is 0 Å². The molecule has 0 aliphatic carbocycles. The predicted molar refractivity (Wildman–Crippen MR) is 78.2 cm³/mol. The second-order valence-electron chi connectivity index (χ2n) is 2.78. The van der Waals surface area contributed by atoms with E-state index in [1.54, 1.807) is 0 Å². The van der Waals surface area contributed by atoms with Gasteiger partial charge in [-0.2, -0.15) is 0 Å². The average molecular weight is 221 g/mol. The Hall–Kier alpha value is -1.24. The van der Waals surface area contributed by atoms with E-state index in [0.717, 1.165) is 6.54 Å². The SMILES string of the molecule is C=Cc1ccccc1N(C)CC.CC.CC. The molecule has 0 heterocycles. The number of benzene rings is 1. The van der Waals surface area contributed by atoms with E-state index in [9.17, 15) is 0 Å². The number of hydrogen-bond donors (Lipinski definition) is 0. The number of para-hydroxylation sites is 1. The van der Waals surface area contributed by atoms with E-state index >= 15 is 0 Å². The van der Waals surface area contributed by atoms with E-state index in [-0.39, 0.29) is 0 Å². The summed E-state index contributed by atoms with van der Waals surface area (Å²) in [6, 6.07) is 8.27. The third-order valence-corrected chi connectivity index (χ3v) is 2.04. The molecule has 1 rings (SSSR count). The molecule has 0 saturated heterocycles.